The van der Waals surface area contributed by atoms with Gasteiger partial charge in [0.2, 0.25) is 5.91 Å². The Kier molecular flexibility index (Phi) is 6.65. The maximum Gasteiger partial charge on any atom is 0.237 e. The van der Waals surface area contributed by atoms with Gasteiger partial charge in [-0.25, -0.2) is 0 Å². The Morgan fingerprint density at radius 2 is 1.79 bits per heavy atom. The first-order valence-electron chi connectivity index (χ1n) is 11.1. The Hall–Kier alpha value is -1.43. The average Bonchev–Trinajstić information content (AvgIpc) is 3.56. The fourth-order valence-electron chi connectivity index (χ4n) is 4.50. The van der Waals surface area contributed by atoms with E-state index < -0.39 is 0 Å². The number of rotatable bonds is 7. The molecule has 5 nitrogen and oxygen atoms in total. The van der Waals surface area contributed by atoms with Crippen LogP contribution in [0, 0.1) is 5.92 Å². The number of benzene rings is 1. The third-order valence-corrected chi connectivity index (χ3v) is 6.55. The molecule has 2 heterocycles. The lowest BCUT2D eigenvalue weighted by atomic mass is 10.0. The van der Waals surface area contributed by atoms with Crippen LogP contribution in [0.5, 0.6) is 0 Å². The van der Waals surface area contributed by atoms with E-state index in [1.807, 2.05) is 23.1 Å². The first-order chi connectivity index (χ1) is 13.7. The zero-order valence-corrected chi connectivity index (χ0v) is 17.3. The van der Waals surface area contributed by atoms with Crippen molar-refractivity contribution in [2.24, 2.45) is 5.92 Å². The molecule has 3 fully saturated rings. The molecular formula is C23H35N3O2. The van der Waals surface area contributed by atoms with Crippen LogP contribution in [-0.4, -0.2) is 78.6 Å². The van der Waals surface area contributed by atoms with Crippen LogP contribution < -0.4 is 0 Å². The van der Waals surface area contributed by atoms with Gasteiger partial charge in [0.1, 0.15) is 0 Å². The first-order valence-corrected chi connectivity index (χ1v) is 11.1. The zero-order valence-electron chi connectivity index (χ0n) is 17.3. The summed E-state index contributed by atoms with van der Waals surface area (Å²) in [5.41, 5.74) is 1.20. The summed E-state index contributed by atoms with van der Waals surface area (Å²) in [7, 11) is 0. The van der Waals surface area contributed by atoms with Crippen LogP contribution in [-0.2, 0) is 16.1 Å². The number of ether oxygens (including phenoxy) is 1. The number of hydrogen-bond donors (Lipinski definition) is 0. The van der Waals surface area contributed by atoms with Crippen molar-refractivity contribution in [3.05, 3.63) is 35.9 Å². The van der Waals surface area contributed by atoms with E-state index in [1.54, 1.807) is 0 Å². The van der Waals surface area contributed by atoms with E-state index in [1.165, 1.54) is 18.4 Å². The van der Waals surface area contributed by atoms with Crippen molar-refractivity contribution in [2.45, 2.75) is 51.3 Å². The molecule has 1 unspecified atom stereocenters. The van der Waals surface area contributed by atoms with Crippen LogP contribution in [0.1, 0.15) is 38.2 Å². The molecule has 1 atom stereocenters. The lowest BCUT2D eigenvalue weighted by Crippen LogP contribution is -2.48. The predicted octanol–water partition coefficient (Wildman–Crippen LogP) is 2.61. The average molecular weight is 386 g/mol. The first kappa shape index (κ1) is 19.9. The van der Waals surface area contributed by atoms with Gasteiger partial charge in [-0.2, -0.15) is 0 Å². The molecule has 3 aliphatic rings. The number of nitrogens with zero attached hydrogens (tertiary/aromatic N) is 3. The molecule has 5 heteroatoms. The molecule has 1 amide bonds. The fraction of sp³-hybridized carbons (Fsp3) is 0.696. The van der Waals surface area contributed by atoms with Crippen molar-refractivity contribution in [3.63, 3.8) is 0 Å². The lowest BCUT2D eigenvalue weighted by molar-refractivity contribution is -0.132. The molecule has 28 heavy (non-hydrogen) atoms. The molecule has 154 valence electrons. The van der Waals surface area contributed by atoms with Crippen molar-refractivity contribution in [3.8, 4) is 0 Å². The van der Waals surface area contributed by atoms with Crippen molar-refractivity contribution < 1.29 is 9.53 Å². The fourth-order valence-corrected chi connectivity index (χ4v) is 4.50. The summed E-state index contributed by atoms with van der Waals surface area (Å²) in [4.78, 5) is 20.1. The Morgan fingerprint density at radius 3 is 2.46 bits per heavy atom. The minimum absolute atomic E-state index is 0.125. The highest BCUT2D eigenvalue weighted by Gasteiger charge is 2.34. The van der Waals surface area contributed by atoms with Gasteiger partial charge in [0, 0.05) is 32.3 Å². The second kappa shape index (κ2) is 9.38. The summed E-state index contributed by atoms with van der Waals surface area (Å²) >= 11 is 0. The molecule has 0 N–H and O–H groups in total. The molecule has 1 aliphatic carbocycles. The van der Waals surface area contributed by atoms with E-state index in [9.17, 15) is 4.79 Å². The minimum Gasteiger partial charge on any atom is -0.375 e. The molecule has 0 radical (unpaired) electrons. The largest absolute Gasteiger partial charge is 0.375 e. The Morgan fingerprint density at radius 1 is 1.04 bits per heavy atom. The molecular weight excluding hydrogens is 350 g/mol. The van der Waals surface area contributed by atoms with E-state index >= 15 is 0 Å². The Bertz CT molecular complexity index is 626. The molecule has 1 aromatic carbocycles. The van der Waals surface area contributed by atoms with Crippen LogP contribution in [0.15, 0.2) is 30.3 Å². The molecule has 1 saturated carbocycles. The van der Waals surface area contributed by atoms with Crippen LogP contribution in [0.3, 0.4) is 0 Å². The zero-order chi connectivity index (χ0) is 19.3. The molecule has 4 rings (SSSR count). The second-order valence-corrected chi connectivity index (χ2v) is 8.75. The number of piperidine rings is 1. The van der Waals surface area contributed by atoms with E-state index in [0.717, 1.165) is 51.5 Å². The number of amides is 1. The molecule has 2 saturated heterocycles. The monoisotopic (exact) mass is 385 g/mol. The quantitative estimate of drug-likeness (QED) is 0.723. The number of likely N-dealkylation sites (tertiary alicyclic amines) is 1. The van der Waals surface area contributed by atoms with Gasteiger partial charge < -0.3 is 14.5 Å². The van der Waals surface area contributed by atoms with Gasteiger partial charge >= 0.3 is 0 Å². The highest BCUT2D eigenvalue weighted by atomic mass is 16.5. The van der Waals surface area contributed by atoms with Gasteiger partial charge in [0.15, 0.2) is 0 Å². The number of carbonyl (C=O) groups is 1. The third kappa shape index (κ3) is 5.34. The van der Waals surface area contributed by atoms with Crippen molar-refractivity contribution >= 4 is 5.91 Å². The van der Waals surface area contributed by atoms with Gasteiger partial charge in [0.05, 0.1) is 12.6 Å². The van der Waals surface area contributed by atoms with E-state index in [4.69, 9.17) is 4.74 Å². The molecule has 0 bridgehead atoms. The van der Waals surface area contributed by atoms with Gasteiger partial charge in [-0.15, -0.1) is 0 Å². The number of hydrogen-bond acceptors (Lipinski definition) is 4. The summed E-state index contributed by atoms with van der Waals surface area (Å²) in [6.45, 7) is 9.34. The smallest absolute Gasteiger partial charge is 0.237 e. The summed E-state index contributed by atoms with van der Waals surface area (Å²) < 4.78 is 6.32. The van der Waals surface area contributed by atoms with E-state index in [0.29, 0.717) is 25.7 Å². The second-order valence-electron chi connectivity index (χ2n) is 8.75. The van der Waals surface area contributed by atoms with Crippen LogP contribution in [0.25, 0.3) is 0 Å². The van der Waals surface area contributed by atoms with Gasteiger partial charge in [-0.05, 0) is 56.8 Å². The summed E-state index contributed by atoms with van der Waals surface area (Å²) in [6.07, 6.45) is 5.06. The maximum atomic E-state index is 13.1. The standard InChI is InChI=1S/C23H35N3O2/c1-2-24-12-10-21(11-13-24)25-15-22(28-18-20-8-9-20)16-26(23(27)17-25)14-19-6-4-3-5-7-19/h3-7,20-22H,2,8-18H2,1H3. The van der Waals surface area contributed by atoms with Crippen LogP contribution in [0.2, 0.25) is 0 Å². The minimum atomic E-state index is 0.125. The number of carbonyl (C=O) groups excluding carboxylic acids is 1. The van der Waals surface area contributed by atoms with Gasteiger partial charge in [-0.1, -0.05) is 37.3 Å². The molecule has 0 aromatic heterocycles. The molecule has 0 spiro atoms. The molecule has 1 aromatic rings. The summed E-state index contributed by atoms with van der Waals surface area (Å²) in [5, 5.41) is 0. The van der Waals surface area contributed by atoms with Crippen molar-refractivity contribution in [1.82, 2.24) is 14.7 Å². The van der Waals surface area contributed by atoms with E-state index in [2.05, 4.69) is 28.9 Å². The highest BCUT2D eigenvalue weighted by molar-refractivity contribution is 5.78. The normalized spacial score (nSPS) is 25.8. The van der Waals surface area contributed by atoms with Crippen LogP contribution in [0.4, 0.5) is 0 Å². The SMILES string of the molecule is CCN1CCC(N2CC(=O)N(Cc3ccccc3)CC(OCC3CC3)C2)CC1. The highest BCUT2D eigenvalue weighted by Crippen LogP contribution is 2.30. The Labute approximate surface area is 169 Å². The molecule has 2 aliphatic heterocycles. The third-order valence-electron chi connectivity index (χ3n) is 6.55. The Balaban J connectivity index is 1.42. The van der Waals surface area contributed by atoms with E-state index in [-0.39, 0.29) is 12.0 Å². The lowest BCUT2D eigenvalue weighted by Gasteiger charge is -2.38. The predicted molar refractivity (Wildman–Crippen MR) is 111 cm³/mol. The van der Waals surface area contributed by atoms with Gasteiger partial charge in [0.25, 0.3) is 0 Å². The topological polar surface area (TPSA) is 36.0 Å². The van der Waals surface area contributed by atoms with Crippen molar-refractivity contribution in [1.29, 1.82) is 0 Å². The van der Waals surface area contributed by atoms with Gasteiger partial charge in [-0.3, -0.25) is 9.69 Å². The summed E-state index contributed by atoms with van der Waals surface area (Å²) in [6, 6.07) is 10.8. The maximum absolute atomic E-state index is 13.1. The van der Waals surface area contributed by atoms with Crippen LogP contribution >= 0.6 is 0 Å². The summed E-state index contributed by atoms with van der Waals surface area (Å²) in [5.74, 6) is 1.00. The van der Waals surface area contributed by atoms with Crippen molar-refractivity contribution in [2.75, 3.05) is 45.9 Å².